The number of hydrogen-bond donors (Lipinski definition) is 2. The van der Waals surface area contributed by atoms with Crippen LogP contribution in [0.25, 0.3) is 0 Å². The summed E-state index contributed by atoms with van der Waals surface area (Å²) in [6, 6.07) is 9.12. The molecule has 3 rings (SSSR count). The van der Waals surface area contributed by atoms with Gasteiger partial charge in [-0.15, -0.1) is 24.0 Å². The topological polar surface area (TPSA) is 62.9 Å². The molecule has 2 aliphatic rings. The average molecular weight is 486 g/mol. The van der Waals surface area contributed by atoms with Crippen molar-refractivity contribution in [1.82, 2.24) is 10.2 Å². The van der Waals surface area contributed by atoms with Gasteiger partial charge in [-0.3, -0.25) is 9.89 Å². The third-order valence-corrected chi connectivity index (χ3v) is 5.70. The minimum Gasteiger partial charge on any atom is -0.497 e. The second-order valence-electron chi connectivity index (χ2n) is 7.59. The molecule has 3 N–H and O–H groups in total. The molecular weight excluding hydrogens is 451 g/mol. The Morgan fingerprint density at radius 3 is 2.56 bits per heavy atom. The number of hydrogen-bond acceptors (Lipinski definition) is 3. The fourth-order valence-corrected chi connectivity index (χ4v) is 4.20. The van der Waals surface area contributed by atoms with E-state index in [0.29, 0.717) is 18.5 Å². The van der Waals surface area contributed by atoms with Gasteiger partial charge < -0.3 is 15.8 Å². The SMILES string of the molecule is COc1cccc(C(CN=C(N)NC2CCCCCC2)N2CCCC2)c1.I. The van der Waals surface area contributed by atoms with Gasteiger partial charge >= 0.3 is 0 Å². The third kappa shape index (κ3) is 6.82. The van der Waals surface area contributed by atoms with Crippen LogP contribution in [0.15, 0.2) is 29.3 Å². The maximum atomic E-state index is 6.23. The molecule has 152 valence electrons. The highest BCUT2D eigenvalue weighted by Gasteiger charge is 2.24. The zero-order valence-electron chi connectivity index (χ0n) is 16.5. The first-order valence-electron chi connectivity index (χ1n) is 10.2. The van der Waals surface area contributed by atoms with Gasteiger partial charge in [0.25, 0.3) is 0 Å². The summed E-state index contributed by atoms with van der Waals surface area (Å²) in [5.74, 6) is 1.50. The van der Waals surface area contributed by atoms with Crippen molar-refractivity contribution in [2.24, 2.45) is 10.7 Å². The Kier molecular flexibility index (Phi) is 9.68. The molecule has 1 unspecified atom stereocenters. The van der Waals surface area contributed by atoms with Crippen LogP contribution in [0, 0.1) is 0 Å². The van der Waals surface area contributed by atoms with Crippen molar-refractivity contribution in [1.29, 1.82) is 0 Å². The number of likely N-dealkylation sites (tertiary alicyclic amines) is 1. The number of nitrogens with zero attached hydrogens (tertiary/aromatic N) is 2. The number of aliphatic imine (C=N–C) groups is 1. The molecule has 5 nitrogen and oxygen atoms in total. The Balaban J connectivity index is 0.00000261. The molecule has 0 bridgehead atoms. The van der Waals surface area contributed by atoms with Gasteiger partial charge in [-0.05, 0) is 56.5 Å². The molecule has 1 aromatic rings. The van der Waals surface area contributed by atoms with Crippen molar-refractivity contribution in [3.05, 3.63) is 29.8 Å². The van der Waals surface area contributed by atoms with Crippen LogP contribution < -0.4 is 15.8 Å². The van der Waals surface area contributed by atoms with Crippen LogP contribution in [-0.4, -0.2) is 43.6 Å². The van der Waals surface area contributed by atoms with Gasteiger partial charge in [0.2, 0.25) is 0 Å². The first-order valence-corrected chi connectivity index (χ1v) is 10.2. The van der Waals surface area contributed by atoms with Crippen molar-refractivity contribution in [2.45, 2.75) is 63.5 Å². The van der Waals surface area contributed by atoms with E-state index in [1.165, 1.54) is 56.9 Å². The second-order valence-corrected chi connectivity index (χ2v) is 7.59. The Bertz CT molecular complexity index is 581. The standard InChI is InChI=1S/C21H34N4O.HI/c1-26-19-12-8-9-17(15-19)20(25-13-6-7-14-25)16-23-21(22)24-18-10-4-2-3-5-11-18;/h8-9,12,15,18,20H,2-7,10-11,13-14,16H2,1H3,(H3,22,23,24);1H. The number of nitrogens with two attached hydrogens (primary N) is 1. The lowest BCUT2D eigenvalue weighted by Crippen LogP contribution is -2.40. The zero-order chi connectivity index (χ0) is 18.2. The smallest absolute Gasteiger partial charge is 0.188 e. The highest BCUT2D eigenvalue weighted by atomic mass is 127. The quantitative estimate of drug-likeness (QED) is 0.275. The molecule has 1 saturated carbocycles. The molecule has 2 fully saturated rings. The molecule has 0 amide bonds. The first-order chi connectivity index (χ1) is 12.8. The number of halogens is 1. The number of methoxy groups -OCH3 is 1. The molecule has 0 radical (unpaired) electrons. The molecule has 27 heavy (non-hydrogen) atoms. The van der Waals surface area contributed by atoms with Gasteiger partial charge in [0.15, 0.2) is 5.96 Å². The molecule has 0 aromatic heterocycles. The van der Waals surface area contributed by atoms with Crippen molar-refractivity contribution in [3.63, 3.8) is 0 Å². The van der Waals surface area contributed by atoms with E-state index in [4.69, 9.17) is 15.5 Å². The Morgan fingerprint density at radius 2 is 1.89 bits per heavy atom. The van der Waals surface area contributed by atoms with E-state index in [2.05, 4.69) is 28.4 Å². The molecule has 1 heterocycles. The molecular formula is C21H35IN4O. The van der Waals surface area contributed by atoms with Crippen molar-refractivity contribution >= 4 is 29.9 Å². The van der Waals surface area contributed by atoms with Gasteiger partial charge in [0.05, 0.1) is 19.7 Å². The highest BCUT2D eigenvalue weighted by Crippen LogP contribution is 2.28. The summed E-state index contributed by atoms with van der Waals surface area (Å²) < 4.78 is 5.41. The van der Waals surface area contributed by atoms with Crippen molar-refractivity contribution < 1.29 is 4.74 Å². The van der Waals surface area contributed by atoms with Gasteiger partial charge in [0, 0.05) is 6.04 Å². The summed E-state index contributed by atoms with van der Waals surface area (Å²) in [6.07, 6.45) is 10.2. The minimum atomic E-state index is 0. The van der Waals surface area contributed by atoms with E-state index in [9.17, 15) is 0 Å². The summed E-state index contributed by atoms with van der Waals surface area (Å²) in [4.78, 5) is 7.25. The van der Waals surface area contributed by atoms with Gasteiger partial charge in [0.1, 0.15) is 5.75 Å². The molecule has 1 aromatic carbocycles. The average Bonchev–Trinajstić information content (AvgIpc) is 3.07. The second kappa shape index (κ2) is 11.7. The van der Waals surface area contributed by atoms with E-state index in [-0.39, 0.29) is 30.0 Å². The predicted molar refractivity (Wildman–Crippen MR) is 123 cm³/mol. The molecule has 0 spiro atoms. The molecule has 1 aliphatic heterocycles. The highest BCUT2D eigenvalue weighted by molar-refractivity contribution is 14.0. The summed E-state index contributed by atoms with van der Waals surface area (Å²) in [5.41, 5.74) is 7.49. The molecule has 6 heteroatoms. The van der Waals surface area contributed by atoms with Crippen LogP contribution in [-0.2, 0) is 0 Å². The monoisotopic (exact) mass is 486 g/mol. The van der Waals surface area contributed by atoms with Crippen LogP contribution in [0.4, 0.5) is 0 Å². The lowest BCUT2D eigenvalue weighted by atomic mass is 10.1. The predicted octanol–water partition coefficient (Wildman–Crippen LogP) is 4.08. The van der Waals surface area contributed by atoms with Crippen LogP contribution in [0.5, 0.6) is 5.75 Å². The summed E-state index contributed by atoms with van der Waals surface area (Å²) in [7, 11) is 1.72. The van der Waals surface area contributed by atoms with Gasteiger partial charge in [-0.1, -0.05) is 37.8 Å². The summed E-state index contributed by atoms with van der Waals surface area (Å²) in [5, 5.41) is 3.46. The van der Waals surface area contributed by atoms with E-state index in [1.54, 1.807) is 7.11 Å². The van der Waals surface area contributed by atoms with Crippen molar-refractivity contribution in [2.75, 3.05) is 26.7 Å². The van der Waals surface area contributed by atoms with Crippen LogP contribution in [0.3, 0.4) is 0 Å². The van der Waals surface area contributed by atoms with Gasteiger partial charge in [-0.2, -0.15) is 0 Å². The van der Waals surface area contributed by atoms with Crippen LogP contribution in [0.1, 0.15) is 63.0 Å². The Labute approximate surface area is 181 Å². The Hall–Kier alpha value is -1.02. The fraction of sp³-hybridized carbons (Fsp3) is 0.667. The summed E-state index contributed by atoms with van der Waals surface area (Å²) >= 11 is 0. The molecule has 1 aliphatic carbocycles. The van der Waals surface area contributed by atoms with Crippen LogP contribution in [0.2, 0.25) is 0 Å². The first kappa shape index (κ1) is 22.3. The lowest BCUT2D eigenvalue weighted by molar-refractivity contribution is 0.251. The maximum Gasteiger partial charge on any atom is 0.188 e. The largest absolute Gasteiger partial charge is 0.497 e. The van der Waals surface area contributed by atoms with E-state index in [0.717, 1.165) is 18.8 Å². The van der Waals surface area contributed by atoms with E-state index >= 15 is 0 Å². The molecule has 1 saturated heterocycles. The number of benzene rings is 1. The lowest BCUT2D eigenvalue weighted by Gasteiger charge is -2.27. The molecule has 1 atom stereocenters. The van der Waals surface area contributed by atoms with Crippen LogP contribution >= 0.6 is 24.0 Å². The van der Waals surface area contributed by atoms with E-state index < -0.39 is 0 Å². The summed E-state index contributed by atoms with van der Waals surface area (Å²) in [6.45, 7) is 2.96. The van der Waals surface area contributed by atoms with E-state index in [1.807, 2.05) is 6.07 Å². The van der Waals surface area contributed by atoms with Gasteiger partial charge in [-0.25, -0.2) is 0 Å². The third-order valence-electron chi connectivity index (χ3n) is 5.70. The zero-order valence-corrected chi connectivity index (χ0v) is 18.9. The maximum absolute atomic E-state index is 6.23. The number of guanidine groups is 1. The minimum absolute atomic E-state index is 0. The van der Waals surface area contributed by atoms with Crippen molar-refractivity contribution in [3.8, 4) is 5.75 Å². The normalized spacial score (nSPS) is 20.6. The fourth-order valence-electron chi connectivity index (χ4n) is 4.20. The number of nitrogens with one attached hydrogen (secondary N) is 1. The number of ether oxygens (including phenoxy) is 1. The Morgan fingerprint density at radius 1 is 1.19 bits per heavy atom. The number of rotatable bonds is 6.